The molecular formula is C26H25BrNP. The number of nitrogens with zero attached hydrogens (tertiary/aromatic N) is 1. The van der Waals surface area contributed by atoms with Crippen molar-refractivity contribution in [2.24, 2.45) is 0 Å². The second-order valence-corrected chi connectivity index (χ2v) is 15.1. The summed E-state index contributed by atoms with van der Waals surface area (Å²) in [5, 5.41) is 3.88. The SMILES string of the molecule is CCN(c1ccccc1)P(Br)(c1ccccc1)(c1ccccc1)c1ccccc1. The molecule has 0 aliphatic carbocycles. The van der Waals surface area contributed by atoms with Gasteiger partial charge in [0.1, 0.15) is 0 Å². The molecule has 0 saturated heterocycles. The van der Waals surface area contributed by atoms with E-state index in [1.54, 1.807) is 0 Å². The fourth-order valence-corrected chi connectivity index (χ4v) is 12.6. The van der Waals surface area contributed by atoms with Crippen LogP contribution in [0.15, 0.2) is 121 Å². The molecule has 146 valence electrons. The summed E-state index contributed by atoms with van der Waals surface area (Å²) in [4.78, 5) is 0. The Morgan fingerprint density at radius 1 is 0.552 bits per heavy atom. The molecule has 0 aromatic heterocycles. The molecule has 4 rings (SSSR count). The molecule has 0 fully saturated rings. The monoisotopic (exact) mass is 461 g/mol. The van der Waals surface area contributed by atoms with Crippen molar-refractivity contribution in [2.45, 2.75) is 6.92 Å². The Balaban J connectivity index is 2.19. The zero-order chi connectivity index (χ0) is 20.2. The van der Waals surface area contributed by atoms with Gasteiger partial charge < -0.3 is 0 Å². The maximum absolute atomic E-state index is 4.54. The summed E-state index contributed by atoms with van der Waals surface area (Å²) in [6.45, 7) is 3.11. The Bertz CT molecular complexity index is 953. The molecule has 0 heterocycles. The summed E-state index contributed by atoms with van der Waals surface area (Å²) >= 11 is 4.54. The summed E-state index contributed by atoms with van der Waals surface area (Å²) in [7, 11) is 0. The third-order valence-electron chi connectivity index (χ3n) is 5.49. The van der Waals surface area contributed by atoms with Crippen molar-refractivity contribution >= 4 is 42.5 Å². The molecule has 0 aliphatic heterocycles. The fourth-order valence-electron chi connectivity index (χ4n) is 4.23. The standard InChI is InChI=1S/C26H25BrNP/c1-2-28(23-15-7-3-8-16-23)29(27,24-17-9-4-10-18-24,25-19-11-5-12-20-25)26-21-13-6-14-22-26/h3-22H,2H2,1H3. The average molecular weight is 462 g/mol. The molecule has 0 radical (unpaired) electrons. The summed E-state index contributed by atoms with van der Waals surface area (Å²) in [5.41, 5.74) is -1.96. The number of benzene rings is 4. The van der Waals surface area contributed by atoms with Gasteiger partial charge in [-0.25, -0.2) is 0 Å². The average Bonchev–Trinajstić information content (AvgIpc) is 2.82. The normalized spacial score (nSPS) is 12.7. The first kappa shape index (κ1) is 19.9. The predicted octanol–water partition coefficient (Wildman–Crippen LogP) is 6.27. The van der Waals surface area contributed by atoms with Crippen LogP contribution in [0.25, 0.3) is 0 Å². The van der Waals surface area contributed by atoms with Crippen molar-refractivity contribution in [3.05, 3.63) is 121 Å². The number of halogens is 1. The van der Waals surface area contributed by atoms with Gasteiger partial charge in [-0.2, -0.15) is 0 Å². The Kier molecular flexibility index (Phi) is 5.58. The molecule has 0 atom stereocenters. The first-order valence-electron chi connectivity index (χ1n) is 9.93. The van der Waals surface area contributed by atoms with E-state index in [1.165, 1.54) is 21.6 Å². The Labute approximate surface area is 181 Å². The molecule has 1 nitrogen and oxygen atoms in total. The molecule has 4 aromatic carbocycles. The van der Waals surface area contributed by atoms with E-state index in [-0.39, 0.29) is 0 Å². The third-order valence-corrected chi connectivity index (χ3v) is 15.5. The van der Waals surface area contributed by atoms with Crippen LogP contribution >= 0.6 is 20.9 Å². The first-order valence-corrected chi connectivity index (χ1v) is 14.1. The molecule has 0 amide bonds. The van der Waals surface area contributed by atoms with Crippen LogP contribution in [0, 0.1) is 0 Å². The van der Waals surface area contributed by atoms with Crippen molar-refractivity contribution in [1.29, 1.82) is 0 Å². The Morgan fingerprint density at radius 2 is 0.862 bits per heavy atom. The van der Waals surface area contributed by atoms with E-state index in [2.05, 4.69) is 148 Å². The Hall–Kier alpha value is -2.41. The molecule has 0 bridgehead atoms. The molecule has 3 heteroatoms. The second-order valence-electron chi connectivity index (χ2n) is 7.02. The van der Waals surface area contributed by atoms with Crippen molar-refractivity contribution < 1.29 is 0 Å². The van der Waals surface area contributed by atoms with E-state index < -0.39 is 5.46 Å². The molecule has 0 spiro atoms. The van der Waals surface area contributed by atoms with E-state index in [0.717, 1.165) is 6.54 Å². The fraction of sp³-hybridized carbons (Fsp3) is 0.0769. The van der Waals surface area contributed by atoms with Gasteiger partial charge in [-0.3, -0.25) is 0 Å². The molecule has 0 saturated carbocycles. The van der Waals surface area contributed by atoms with Gasteiger partial charge in [-0.1, -0.05) is 0 Å². The van der Waals surface area contributed by atoms with Gasteiger partial charge in [0, 0.05) is 0 Å². The number of para-hydroxylation sites is 1. The molecular weight excluding hydrogens is 437 g/mol. The summed E-state index contributed by atoms with van der Waals surface area (Å²) in [6, 6.07) is 43.4. The van der Waals surface area contributed by atoms with Crippen LogP contribution in [0.3, 0.4) is 0 Å². The van der Waals surface area contributed by atoms with Gasteiger partial charge in [-0.05, 0) is 0 Å². The topological polar surface area (TPSA) is 3.24 Å². The first-order chi connectivity index (χ1) is 14.2. The molecule has 0 unspecified atom stereocenters. The van der Waals surface area contributed by atoms with E-state index in [0.29, 0.717) is 0 Å². The van der Waals surface area contributed by atoms with Crippen LogP contribution in [0.1, 0.15) is 6.92 Å². The number of anilines is 1. The van der Waals surface area contributed by atoms with Crippen LogP contribution in [-0.4, -0.2) is 6.54 Å². The van der Waals surface area contributed by atoms with Crippen molar-refractivity contribution in [1.82, 2.24) is 0 Å². The van der Waals surface area contributed by atoms with Crippen molar-refractivity contribution in [3.8, 4) is 0 Å². The summed E-state index contributed by atoms with van der Waals surface area (Å²) in [6.07, 6.45) is 0. The molecule has 0 N–H and O–H groups in total. The number of rotatable bonds is 6. The predicted molar refractivity (Wildman–Crippen MR) is 134 cm³/mol. The van der Waals surface area contributed by atoms with Gasteiger partial charge in [0.2, 0.25) is 0 Å². The van der Waals surface area contributed by atoms with Crippen LogP contribution in [0.4, 0.5) is 5.69 Å². The van der Waals surface area contributed by atoms with E-state index in [9.17, 15) is 0 Å². The quantitative estimate of drug-likeness (QED) is 0.306. The Morgan fingerprint density at radius 3 is 1.17 bits per heavy atom. The van der Waals surface area contributed by atoms with Gasteiger partial charge >= 0.3 is 182 Å². The van der Waals surface area contributed by atoms with Gasteiger partial charge in [0.15, 0.2) is 0 Å². The van der Waals surface area contributed by atoms with Crippen LogP contribution in [0.5, 0.6) is 0 Å². The minimum absolute atomic E-state index is 0.867. The molecule has 0 aliphatic rings. The van der Waals surface area contributed by atoms with Crippen LogP contribution in [0.2, 0.25) is 0 Å². The molecule has 4 aromatic rings. The van der Waals surface area contributed by atoms with Gasteiger partial charge in [0.05, 0.1) is 0 Å². The zero-order valence-corrected chi connectivity index (χ0v) is 19.0. The minimum atomic E-state index is -3.17. The number of hydrogen-bond acceptors (Lipinski definition) is 1. The maximum atomic E-state index is 4.54. The van der Waals surface area contributed by atoms with Crippen molar-refractivity contribution in [2.75, 3.05) is 11.2 Å². The zero-order valence-electron chi connectivity index (χ0n) is 16.5. The van der Waals surface area contributed by atoms with E-state index in [4.69, 9.17) is 0 Å². The van der Waals surface area contributed by atoms with E-state index >= 15 is 0 Å². The van der Waals surface area contributed by atoms with Gasteiger partial charge in [-0.15, -0.1) is 0 Å². The molecule has 29 heavy (non-hydrogen) atoms. The summed E-state index contributed by atoms with van der Waals surface area (Å²) < 4.78 is 2.58. The van der Waals surface area contributed by atoms with Crippen molar-refractivity contribution in [3.63, 3.8) is 0 Å². The number of hydrogen-bond donors (Lipinski definition) is 0. The second kappa shape index (κ2) is 8.14. The van der Waals surface area contributed by atoms with Crippen LogP contribution < -0.4 is 20.6 Å². The summed E-state index contributed by atoms with van der Waals surface area (Å²) in [5.74, 6) is 0. The van der Waals surface area contributed by atoms with Gasteiger partial charge in [0.25, 0.3) is 0 Å². The van der Waals surface area contributed by atoms with E-state index in [1.807, 2.05) is 0 Å². The van der Waals surface area contributed by atoms with Crippen LogP contribution in [-0.2, 0) is 0 Å². The third kappa shape index (κ3) is 3.12.